The van der Waals surface area contributed by atoms with Crippen molar-refractivity contribution in [3.63, 3.8) is 0 Å². The van der Waals surface area contributed by atoms with E-state index in [9.17, 15) is 14.4 Å². The first kappa shape index (κ1) is 15.5. The highest BCUT2D eigenvalue weighted by molar-refractivity contribution is 5.80. The van der Waals surface area contributed by atoms with Crippen molar-refractivity contribution in [2.24, 2.45) is 5.92 Å². The van der Waals surface area contributed by atoms with Crippen LogP contribution in [-0.2, 0) is 16.0 Å². The summed E-state index contributed by atoms with van der Waals surface area (Å²) in [4.78, 5) is 32.6. The van der Waals surface area contributed by atoms with E-state index in [4.69, 9.17) is 15.3 Å². The van der Waals surface area contributed by atoms with Crippen molar-refractivity contribution in [1.29, 1.82) is 0 Å². The van der Waals surface area contributed by atoms with Crippen molar-refractivity contribution < 1.29 is 29.7 Å². The lowest BCUT2D eigenvalue weighted by Gasteiger charge is -2.17. The largest absolute Gasteiger partial charge is 0.481 e. The number of amides is 1. The molecule has 1 aromatic carbocycles. The van der Waals surface area contributed by atoms with Crippen molar-refractivity contribution in [1.82, 2.24) is 5.32 Å². The molecule has 0 bridgehead atoms. The van der Waals surface area contributed by atoms with Crippen molar-refractivity contribution in [2.45, 2.75) is 18.9 Å². The smallest absolute Gasteiger partial charge is 0.405 e. The minimum absolute atomic E-state index is 0.140. The van der Waals surface area contributed by atoms with E-state index < -0.39 is 30.0 Å². The lowest BCUT2D eigenvalue weighted by molar-refractivity contribution is -0.144. The summed E-state index contributed by atoms with van der Waals surface area (Å²) in [5.74, 6) is -3.54. The summed E-state index contributed by atoms with van der Waals surface area (Å²) in [5, 5.41) is 28.4. The molecule has 0 aromatic heterocycles. The fourth-order valence-electron chi connectivity index (χ4n) is 1.83. The van der Waals surface area contributed by atoms with E-state index in [0.717, 1.165) is 5.56 Å². The van der Waals surface area contributed by atoms with Gasteiger partial charge in [-0.2, -0.15) is 0 Å². The molecule has 1 unspecified atom stereocenters. The Morgan fingerprint density at radius 2 is 1.60 bits per heavy atom. The summed E-state index contributed by atoms with van der Waals surface area (Å²) in [5.41, 5.74) is 0.749. The van der Waals surface area contributed by atoms with E-state index in [-0.39, 0.29) is 12.8 Å². The Hall–Kier alpha value is -2.57. The quantitative estimate of drug-likeness (QED) is 0.592. The van der Waals surface area contributed by atoms with E-state index in [1.807, 2.05) is 0 Å². The average Bonchev–Trinajstić information content (AvgIpc) is 2.37. The Kier molecular flexibility index (Phi) is 5.52. The topological polar surface area (TPSA) is 124 Å². The Morgan fingerprint density at radius 1 is 1.00 bits per heavy atom. The van der Waals surface area contributed by atoms with Gasteiger partial charge in [0, 0.05) is 0 Å². The summed E-state index contributed by atoms with van der Waals surface area (Å²) < 4.78 is 0. The standard InChI is InChI=1S/C13H15NO6/c15-11(16)9(6-8-4-2-1-3-5-8)7-10(12(17)18)14-13(19)20/h1-5,9-10,14H,6-7H2,(H,15,16)(H,17,18)(H,19,20)/t9?,10-/m0/s1. The number of rotatable bonds is 7. The average molecular weight is 281 g/mol. The molecule has 1 aromatic rings. The van der Waals surface area contributed by atoms with E-state index in [1.165, 1.54) is 0 Å². The van der Waals surface area contributed by atoms with Crippen LogP contribution in [0.2, 0.25) is 0 Å². The van der Waals surface area contributed by atoms with Gasteiger partial charge in [0.2, 0.25) is 0 Å². The van der Waals surface area contributed by atoms with E-state index in [2.05, 4.69) is 0 Å². The minimum Gasteiger partial charge on any atom is -0.481 e. The molecule has 2 atom stereocenters. The molecule has 0 aliphatic carbocycles. The zero-order valence-corrected chi connectivity index (χ0v) is 10.5. The number of benzene rings is 1. The molecule has 1 rings (SSSR count). The molecule has 1 amide bonds. The zero-order chi connectivity index (χ0) is 15.1. The molecule has 7 nitrogen and oxygen atoms in total. The van der Waals surface area contributed by atoms with Gasteiger partial charge in [0.05, 0.1) is 5.92 Å². The van der Waals surface area contributed by atoms with Crippen molar-refractivity contribution in [3.8, 4) is 0 Å². The van der Waals surface area contributed by atoms with Crippen molar-refractivity contribution in [3.05, 3.63) is 35.9 Å². The van der Waals surface area contributed by atoms with Gasteiger partial charge in [-0.3, -0.25) is 4.79 Å². The predicted octanol–water partition coefficient (Wildman–Crippen LogP) is 1.04. The summed E-state index contributed by atoms with van der Waals surface area (Å²) in [6.07, 6.45) is -1.67. The van der Waals surface area contributed by atoms with E-state index >= 15 is 0 Å². The van der Waals surface area contributed by atoms with Gasteiger partial charge in [-0.25, -0.2) is 9.59 Å². The van der Waals surface area contributed by atoms with Gasteiger partial charge in [0.1, 0.15) is 6.04 Å². The van der Waals surface area contributed by atoms with Crippen LogP contribution in [0.4, 0.5) is 4.79 Å². The SMILES string of the molecule is O=C(O)N[C@@H](CC(Cc1ccccc1)C(=O)O)C(=O)O. The molecule has 0 heterocycles. The summed E-state index contributed by atoms with van der Waals surface area (Å²) in [7, 11) is 0. The Bertz CT molecular complexity index is 487. The van der Waals surface area contributed by atoms with Crippen LogP contribution in [0.25, 0.3) is 0 Å². The molecule has 4 N–H and O–H groups in total. The van der Waals surface area contributed by atoms with Gasteiger partial charge < -0.3 is 20.6 Å². The molecular formula is C13H15NO6. The molecule has 0 radical (unpaired) electrons. The maximum atomic E-state index is 11.2. The Labute approximate surface area is 114 Å². The van der Waals surface area contributed by atoms with Crippen molar-refractivity contribution in [2.75, 3.05) is 0 Å². The maximum absolute atomic E-state index is 11.2. The predicted molar refractivity (Wildman–Crippen MR) is 68.5 cm³/mol. The Morgan fingerprint density at radius 3 is 2.05 bits per heavy atom. The van der Waals surface area contributed by atoms with E-state index in [0.29, 0.717) is 0 Å². The van der Waals surface area contributed by atoms with Crippen LogP contribution in [-0.4, -0.2) is 39.4 Å². The van der Waals surface area contributed by atoms with Crippen LogP contribution < -0.4 is 5.32 Å². The van der Waals surface area contributed by atoms with Gasteiger partial charge >= 0.3 is 18.0 Å². The fraction of sp³-hybridized carbons (Fsp3) is 0.308. The van der Waals surface area contributed by atoms with Crippen LogP contribution in [0.5, 0.6) is 0 Å². The summed E-state index contributed by atoms with van der Waals surface area (Å²) in [6.45, 7) is 0. The zero-order valence-electron chi connectivity index (χ0n) is 10.5. The number of hydrogen-bond acceptors (Lipinski definition) is 3. The van der Waals surface area contributed by atoms with Crippen molar-refractivity contribution >= 4 is 18.0 Å². The molecule has 0 aliphatic rings. The number of nitrogens with one attached hydrogen (secondary N) is 1. The number of carboxylic acid groups (broad SMARTS) is 3. The fourth-order valence-corrected chi connectivity index (χ4v) is 1.83. The normalized spacial score (nSPS) is 13.2. The monoisotopic (exact) mass is 281 g/mol. The second-order valence-electron chi connectivity index (χ2n) is 4.30. The third-order valence-corrected chi connectivity index (χ3v) is 2.79. The molecule has 20 heavy (non-hydrogen) atoms. The van der Waals surface area contributed by atoms with Gasteiger partial charge in [0.25, 0.3) is 0 Å². The lowest BCUT2D eigenvalue weighted by Crippen LogP contribution is -2.42. The van der Waals surface area contributed by atoms with Gasteiger partial charge in [-0.1, -0.05) is 30.3 Å². The third-order valence-electron chi connectivity index (χ3n) is 2.79. The first-order valence-electron chi connectivity index (χ1n) is 5.89. The Balaban J connectivity index is 2.77. The second kappa shape index (κ2) is 7.13. The highest BCUT2D eigenvalue weighted by Gasteiger charge is 2.28. The molecule has 0 spiro atoms. The second-order valence-corrected chi connectivity index (χ2v) is 4.30. The number of carboxylic acids is 2. The van der Waals surface area contributed by atoms with Crippen LogP contribution in [0.15, 0.2) is 30.3 Å². The van der Waals surface area contributed by atoms with Gasteiger partial charge in [-0.15, -0.1) is 0 Å². The highest BCUT2D eigenvalue weighted by atomic mass is 16.4. The molecule has 7 heteroatoms. The number of hydrogen-bond donors (Lipinski definition) is 4. The maximum Gasteiger partial charge on any atom is 0.405 e. The highest BCUT2D eigenvalue weighted by Crippen LogP contribution is 2.15. The molecule has 0 saturated heterocycles. The third kappa shape index (κ3) is 4.97. The molecule has 0 fully saturated rings. The summed E-state index contributed by atoms with van der Waals surface area (Å²) >= 11 is 0. The summed E-state index contributed by atoms with van der Waals surface area (Å²) in [6, 6.07) is 7.30. The van der Waals surface area contributed by atoms with Gasteiger partial charge in [0.15, 0.2) is 0 Å². The van der Waals surface area contributed by atoms with Crippen LogP contribution >= 0.6 is 0 Å². The van der Waals surface area contributed by atoms with Gasteiger partial charge in [-0.05, 0) is 18.4 Å². The molecule has 108 valence electrons. The first-order valence-corrected chi connectivity index (χ1v) is 5.89. The van der Waals surface area contributed by atoms with Crippen LogP contribution in [0.3, 0.4) is 0 Å². The number of aliphatic carboxylic acids is 2. The van der Waals surface area contributed by atoms with E-state index in [1.54, 1.807) is 35.6 Å². The minimum atomic E-state index is -1.50. The lowest BCUT2D eigenvalue weighted by atomic mass is 9.93. The van der Waals surface area contributed by atoms with Crippen LogP contribution in [0.1, 0.15) is 12.0 Å². The first-order chi connectivity index (χ1) is 9.40. The molecule has 0 aliphatic heterocycles. The van der Waals surface area contributed by atoms with Crippen LogP contribution in [0, 0.1) is 5.92 Å². The molecular weight excluding hydrogens is 266 g/mol. The number of carbonyl (C=O) groups is 3. The molecule has 0 saturated carbocycles.